The Hall–Kier alpha value is -3.61. The summed E-state index contributed by atoms with van der Waals surface area (Å²) in [6.45, 7) is 3.91. The van der Waals surface area contributed by atoms with E-state index in [1.165, 1.54) is 0 Å². The molecule has 1 amide bonds. The molecule has 0 aliphatic carbocycles. The first-order valence-electron chi connectivity index (χ1n) is 10.6. The number of aromatic nitrogens is 3. The lowest BCUT2D eigenvalue weighted by atomic mass is 10.2. The van der Waals surface area contributed by atoms with Gasteiger partial charge in [0, 0.05) is 37.6 Å². The maximum absolute atomic E-state index is 12.6. The van der Waals surface area contributed by atoms with Crippen LogP contribution in [0.5, 0.6) is 5.75 Å². The molecule has 2 aromatic heterocycles. The number of carbonyl (C=O) groups is 1. The smallest absolute Gasteiger partial charge is 0.329 e. The number of rotatable bonds is 9. The zero-order chi connectivity index (χ0) is 21.6. The third-order valence-corrected chi connectivity index (χ3v) is 5.30. The normalized spacial score (nSPS) is 11.1. The fourth-order valence-corrected chi connectivity index (χ4v) is 3.77. The van der Waals surface area contributed by atoms with E-state index in [0.29, 0.717) is 32.7 Å². The second-order valence-electron chi connectivity index (χ2n) is 7.30. The van der Waals surface area contributed by atoms with E-state index in [2.05, 4.69) is 10.3 Å². The van der Waals surface area contributed by atoms with Crippen LogP contribution in [0.4, 0.5) is 0 Å². The van der Waals surface area contributed by atoms with Crippen LogP contribution in [0.1, 0.15) is 19.8 Å². The molecule has 4 aromatic rings. The van der Waals surface area contributed by atoms with E-state index in [4.69, 9.17) is 4.74 Å². The van der Waals surface area contributed by atoms with Crippen LogP contribution in [-0.2, 0) is 17.9 Å². The molecule has 0 saturated heterocycles. The number of hydrogen-bond acceptors (Lipinski definition) is 4. The Labute approximate surface area is 180 Å². The molecule has 7 heteroatoms. The Morgan fingerprint density at radius 3 is 2.61 bits per heavy atom. The minimum absolute atomic E-state index is 0.0754. The minimum Gasteiger partial charge on any atom is -0.491 e. The Kier molecular flexibility index (Phi) is 6.31. The van der Waals surface area contributed by atoms with Gasteiger partial charge < -0.3 is 10.1 Å². The number of hydrogen-bond donors (Lipinski definition) is 1. The van der Waals surface area contributed by atoms with Crippen LogP contribution in [-0.4, -0.2) is 33.2 Å². The molecule has 2 aromatic carbocycles. The molecule has 7 nitrogen and oxygen atoms in total. The van der Waals surface area contributed by atoms with Crippen LogP contribution < -0.4 is 15.7 Å². The van der Waals surface area contributed by atoms with Crippen molar-refractivity contribution < 1.29 is 9.53 Å². The van der Waals surface area contributed by atoms with Crippen molar-refractivity contribution in [1.29, 1.82) is 0 Å². The average Bonchev–Trinajstić information content (AvgIpc) is 3.08. The van der Waals surface area contributed by atoms with Gasteiger partial charge in [-0.25, -0.2) is 4.79 Å². The minimum atomic E-state index is -0.0768. The predicted octanol–water partition coefficient (Wildman–Crippen LogP) is 3.35. The topological polar surface area (TPSA) is 78.2 Å². The highest BCUT2D eigenvalue weighted by Crippen LogP contribution is 2.22. The molecular weight excluding hydrogens is 392 g/mol. The number of nitrogens with zero attached hydrogens (tertiary/aromatic N) is 3. The van der Waals surface area contributed by atoms with Gasteiger partial charge in [0.05, 0.1) is 17.6 Å². The van der Waals surface area contributed by atoms with Crippen LogP contribution in [0.2, 0.25) is 0 Å². The van der Waals surface area contributed by atoms with E-state index in [1.54, 1.807) is 15.3 Å². The van der Waals surface area contributed by atoms with Gasteiger partial charge in [-0.3, -0.25) is 18.9 Å². The molecule has 31 heavy (non-hydrogen) atoms. The number of amides is 1. The molecule has 1 N–H and O–H groups in total. The number of pyridine rings is 1. The molecule has 4 rings (SSSR count). The second-order valence-corrected chi connectivity index (χ2v) is 7.30. The quantitative estimate of drug-likeness (QED) is 0.423. The highest BCUT2D eigenvalue weighted by Gasteiger charge is 2.12. The van der Waals surface area contributed by atoms with Crippen molar-refractivity contribution in [3.05, 3.63) is 71.3 Å². The second kappa shape index (κ2) is 9.47. The van der Waals surface area contributed by atoms with Crippen molar-refractivity contribution in [2.24, 2.45) is 0 Å². The highest BCUT2D eigenvalue weighted by molar-refractivity contribution is 5.84. The number of aryl methyl sites for hydroxylation is 2. The first kappa shape index (κ1) is 20.7. The van der Waals surface area contributed by atoms with E-state index >= 15 is 0 Å². The zero-order valence-corrected chi connectivity index (χ0v) is 17.6. The van der Waals surface area contributed by atoms with Crippen LogP contribution in [0.3, 0.4) is 0 Å². The van der Waals surface area contributed by atoms with E-state index in [-0.39, 0.29) is 18.0 Å². The van der Waals surface area contributed by atoms with Crippen molar-refractivity contribution in [3.8, 4) is 5.75 Å². The Morgan fingerprint density at radius 1 is 1.03 bits per heavy atom. The van der Waals surface area contributed by atoms with E-state index in [0.717, 1.165) is 27.7 Å². The van der Waals surface area contributed by atoms with Crippen LogP contribution in [0.25, 0.3) is 21.9 Å². The number of benzene rings is 2. The molecule has 0 atom stereocenters. The third-order valence-electron chi connectivity index (χ3n) is 5.30. The lowest BCUT2D eigenvalue weighted by molar-refractivity contribution is -0.121. The third kappa shape index (κ3) is 4.45. The molecule has 0 bridgehead atoms. The van der Waals surface area contributed by atoms with E-state index in [1.807, 2.05) is 61.5 Å². The summed E-state index contributed by atoms with van der Waals surface area (Å²) in [7, 11) is 0. The van der Waals surface area contributed by atoms with Gasteiger partial charge in [-0.05, 0) is 37.6 Å². The standard InChI is InChI=1S/C24H26N4O3/c1-2-27-19-10-3-4-11-20(19)28(24(27)30)16-13-22(29)25-15-7-17-31-21-12-5-8-18-9-6-14-26-23(18)21/h3-6,8-12,14H,2,7,13,15-17H2,1H3,(H,25,29). The number of carbonyl (C=O) groups excluding carboxylic acids is 1. The monoisotopic (exact) mass is 418 g/mol. The Bertz CT molecular complexity index is 1250. The van der Waals surface area contributed by atoms with Crippen LogP contribution >= 0.6 is 0 Å². The highest BCUT2D eigenvalue weighted by atomic mass is 16.5. The van der Waals surface area contributed by atoms with Gasteiger partial charge in [0.2, 0.25) is 5.91 Å². The largest absolute Gasteiger partial charge is 0.491 e. The van der Waals surface area contributed by atoms with Gasteiger partial charge in [-0.2, -0.15) is 0 Å². The lowest BCUT2D eigenvalue weighted by Gasteiger charge is -2.09. The van der Waals surface area contributed by atoms with Crippen molar-refractivity contribution in [3.63, 3.8) is 0 Å². The van der Waals surface area contributed by atoms with Gasteiger partial charge in [-0.15, -0.1) is 0 Å². The van der Waals surface area contributed by atoms with Gasteiger partial charge in [0.15, 0.2) is 0 Å². The van der Waals surface area contributed by atoms with Crippen molar-refractivity contribution >= 4 is 27.8 Å². The van der Waals surface area contributed by atoms with Crippen molar-refractivity contribution in [1.82, 2.24) is 19.4 Å². The number of ether oxygens (including phenoxy) is 1. The van der Waals surface area contributed by atoms with Gasteiger partial charge >= 0.3 is 5.69 Å². The summed E-state index contributed by atoms with van der Waals surface area (Å²) in [6.07, 6.45) is 2.69. The van der Waals surface area contributed by atoms with Crippen LogP contribution in [0.15, 0.2) is 65.6 Å². The van der Waals surface area contributed by atoms with Crippen molar-refractivity contribution in [2.45, 2.75) is 32.9 Å². The Balaban J connectivity index is 1.26. The first-order chi connectivity index (χ1) is 15.2. The fraction of sp³-hybridized carbons (Fsp3) is 0.292. The predicted molar refractivity (Wildman–Crippen MR) is 121 cm³/mol. The van der Waals surface area contributed by atoms with Crippen LogP contribution in [0, 0.1) is 0 Å². The average molecular weight is 418 g/mol. The van der Waals surface area contributed by atoms with E-state index in [9.17, 15) is 9.59 Å². The van der Waals surface area contributed by atoms with Gasteiger partial charge in [0.1, 0.15) is 11.3 Å². The molecule has 0 aliphatic heterocycles. The van der Waals surface area contributed by atoms with Crippen molar-refractivity contribution in [2.75, 3.05) is 13.2 Å². The molecule has 2 heterocycles. The van der Waals surface area contributed by atoms with Gasteiger partial charge in [0.25, 0.3) is 0 Å². The number of fused-ring (bicyclic) bond motifs is 2. The Morgan fingerprint density at radius 2 is 1.81 bits per heavy atom. The molecule has 160 valence electrons. The molecule has 0 fully saturated rings. The molecule has 0 radical (unpaired) electrons. The molecule has 0 unspecified atom stereocenters. The summed E-state index contributed by atoms with van der Waals surface area (Å²) in [5, 5.41) is 3.94. The van der Waals surface area contributed by atoms with E-state index < -0.39 is 0 Å². The molecule has 0 aliphatic rings. The SMILES string of the molecule is CCn1c(=O)n(CCC(=O)NCCCOc2cccc3cccnc23)c2ccccc21. The summed E-state index contributed by atoms with van der Waals surface area (Å²) in [4.78, 5) is 29.3. The number of para-hydroxylation sites is 3. The first-order valence-corrected chi connectivity index (χ1v) is 10.6. The number of imidazole rings is 1. The van der Waals surface area contributed by atoms with Gasteiger partial charge in [-0.1, -0.05) is 30.3 Å². The molecule has 0 spiro atoms. The maximum Gasteiger partial charge on any atom is 0.329 e. The summed E-state index contributed by atoms with van der Waals surface area (Å²) >= 11 is 0. The molecule has 0 saturated carbocycles. The maximum atomic E-state index is 12.6. The molecular formula is C24H26N4O3. The lowest BCUT2D eigenvalue weighted by Crippen LogP contribution is -2.29. The number of nitrogens with one attached hydrogen (secondary N) is 1. The fourth-order valence-electron chi connectivity index (χ4n) is 3.77. The zero-order valence-electron chi connectivity index (χ0n) is 17.6. The summed E-state index contributed by atoms with van der Waals surface area (Å²) < 4.78 is 9.25. The summed E-state index contributed by atoms with van der Waals surface area (Å²) in [6, 6.07) is 17.4. The summed E-state index contributed by atoms with van der Waals surface area (Å²) in [5.74, 6) is 0.670. The summed E-state index contributed by atoms with van der Waals surface area (Å²) in [5.41, 5.74) is 2.52.